The number of aromatic nitrogens is 1. The van der Waals surface area contributed by atoms with E-state index >= 15 is 8.78 Å². The van der Waals surface area contributed by atoms with Gasteiger partial charge in [-0.2, -0.15) is 13.9 Å². The summed E-state index contributed by atoms with van der Waals surface area (Å²) in [5.74, 6) is 10.1. The van der Waals surface area contributed by atoms with E-state index in [1.54, 1.807) is 6.92 Å². The minimum absolute atomic E-state index is 0.0799. The normalized spacial score (nSPS) is 12.3. The Hall–Kier alpha value is -2.96. The largest absolute Gasteiger partial charge is 0.479 e. The van der Waals surface area contributed by atoms with Crippen LogP contribution in [0.2, 0.25) is 5.02 Å². The van der Waals surface area contributed by atoms with Gasteiger partial charge in [0.25, 0.3) is 5.92 Å². The number of nitrogens with zero attached hydrogens (tertiary/aromatic N) is 3. The molecule has 29 heavy (non-hydrogen) atoms. The Morgan fingerprint density at radius 3 is 2.72 bits per heavy atom. The summed E-state index contributed by atoms with van der Waals surface area (Å²) in [6.07, 6.45) is 2.10. The summed E-state index contributed by atoms with van der Waals surface area (Å²) >= 11 is 5.74. The van der Waals surface area contributed by atoms with Gasteiger partial charge in [-0.15, -0.1) is 5.92 Å². The standard InChI is InChI=1S/C19H19ClF3N5O/c1-2-3-8-29-14-5-7-18(26-10-14)19(22,23)16(11-28(25)12-27-24)15-6-4-13(20)9-17(15)21/h4-7,9-10,12,16H,8,11,24-25H2,1H3/b27-12-. The number of rotatable bonds is 8. The van der Waals surface area contributed by atoms with E-state index < -0.39 is 29.9 Å². The number of nitrogens with two attached hydrogens (primary N) is 2. The zero-order valence-corrected chi connectivity index (χ0v) is 16.2. The maximum atomic E-state index is 15.3. The smallest absolute Gasteiger partial charge is 0.298 e. The van der Waals surface area contributed by atoms with Crippen LogP contribution in [0.15, 0.2) is 41.6 Å². The number of benzene rings is 1. The van der Waals surface area contributed by atoms with Crippen molar-refractivity contribution in [2.75, 3.05) is 13.2 Å². The molecule has 4 N–H and O–H groups in total. The molecule has 1 atom stereocenters. The van der Waals surface area contributed by atoms with Crippen molar-refractivity contribution in [3.63, 3.8) is 0 Å². The van der Waals surface area contributed by atoms with Crippen molar-refractivity contribution >= 4 is 17.9 Å². The molecule has 0 radical (unpaired) electrons. The molecule has 10 heteroatoms. The fourth-order valence-electron chi connectivity index (χ4n) is 2.57. The summed E-state index contributed by atoms with van der Waals surface area (Å²) in [5, 5.41) is 4.11. The van der Waals surface area contributed by atoms with Crippen LogP contribution in [-0.4, -0.2) is 29.5 Å². The Morgan fingerprint density at radius 1 is 1.38 bits per heavy atom. The predicted molar refractivity (Wildman–Crippen MR) is 105 cm³/mol. The van der Waals surface area contributed by atoms with E-state index in [-0.39, 0.29) is 22.9 Å². The van der Waals surface area contributed by atoms with Gasteiger partial charge in [0.2, 0.25) is 0 Å². The molecule has 0 aliphatic rings. The van der Waals surface area contributed by atoms with E-state index in [0.29, 0.717) is 0 Å². The van der Waals surface area contributed by atoms with E-state index in [1.807, 2.05) is 0 Å². The van der Waals surface area contributed by atoms with E-state index in [4.69, 9.17) is 28.0 Å². The molecule has 154 valence electrons. The highest BCUT2D eigenvalue weighted by Crippen LogP contribution is 2.43. The summed E-state index contributed by atoms with van der Waals surface area (Å²) in [5.41, 5.74) is -0.857. The molecule has 0 bridgehead atoms. The molecular weight excluding hydrogens is 407 g/mol. The first-order chi connectivity index (χ1) is 13.8. The van der Waals surface area contributed by atoms with Crippen LogP contribution in [-0.2, 0) is 5.92 Å². The maximum Gasteiger partial charge on any atom is 0.298 e. The van der Waals surface area contributed by atoms with Crippen LogP contribution in [0.1, 0.15) is 24.1 Å². The first kappa shape index (κ1) is 22.3. The number of ether oxygens (including phenoxy) is 1. The monoisotopic (exact) mass is 425 g/mol. The molecule has 0 amide bonds. The highest BCUT2D eigenvalue weighted by Gasteiger charge is 2.45. The topological polar surface area (TPSA) is 89.8 Å². The number of hydrazone groups is 1. The fourth-order valence-corrected chi connectivity index (χ4v) is 2.73. The van der Waals surface area contributed by atoms with Crippen molar-refractivity contribution in [2.24, 2.45) is 16.8 Å². The molecule has 2 aromatic rings. The van der Waals surface area contributed by atoms with Gasteiger partial charge in [0.1, 0.15) is 30.2 Å². The zero-order chi connectivity index (χ0) is 21.4. The lowest BCUT2D eigenvalue weighted by molar-refractivity contribution is -0.0443. The van der Waals surface area contributed by atoms with E-state index in [2.05, 4.69) is 21.9 Å². The molecule has 0 aliphatic heterocycles. The molecule has 1 heterocycles. The molecule has 0 aliphatic carbocycles. The number of halogens is 4. The number of hydrogen-bond donors (Lipinski definition) is 2. The Labute approximate surface area is 171 Å². The lowest BCUT2D eigenvalue weighted by atomic mass is 9.89. The Balaban J connectivity index is 2.39. The molecular formula is C19H19ClF3N5O. The highest BCUT2D eigenvalue weighted by atomic mass is 35.5. The summed E-state index contributed by atoms with van der Waals surface area (Å²) < 4.78 is 50.4. The van der Waals surface area contributed by atoms with Crippen LogP contribution in [0.25, 0.3) is 0 Å². The minimum atomic E-state index is -3.59. The third-order valence-electron chi connectivity index (χ3n) is 3.95. The van der Waals surface area contributed by atoms with Gasteiger partial charge in [0, 0.05) is 11.6 Å². The van der Waals surface area contributed by atoms with Crippen LogP contribution in [0.4, 0.5) is 13.2 Å². The fraction of sp³-hybridized carbons (Fsp3) is 0.263. The summed E-state index contributed by atoms with van der Waals surface area (Å²) in [6, 6.07) is 5.90. The summed E-state index contributed by atoms with van der Waals surface area (Å²) in [7, 11) is 0. The molecule has 1 aromatic heterocycles. The van der Waals surface area contributed by atoms with Crippen molar-refractivity contribution in [1.29, 1.82) is 0 Å². The van der Waals surface area contributed by atoms with Crippen molar-refractivity contribution in [1.82, 2.24) is 9.99 Å². The van der Waals surface area contributed by atoms with Gasteiger partial charge in [-0.25, -0.2) is 10.2 Å². The average Bonchev–Trinajstić information content (AvgIpc) is 2.67. The minimum Gasteiger partial charge on any atom is -0.479 e. The average molecular weight is 426 g/mol. The number of hydrazine groups is 1. The summed E-state index contributed by atoms with van der Waals surface area (Å²) in [6.45, 7) is 1.27. The lowest BCUT2D eigenvalue weighted by Crippen LogP contribution is -2.40. The van der Waals surface area contributed by atoms with Crippen LogP contribution >= 0.6 is 11.6 Å². The summed E-state index contributed by atoms with van der Waals surface area (Å²) in [4.78, 5) is 3.79. The Morgan fingerprint density at radius 2 is 2.14 bits per heavy atom. The SMILES string of the molecule is CC#CCOc1ccc(C(F)(F)C(CN(N)/C=N\N)c2ccc(Cl)cc2F)nc1. The first-order valence-corrected chi connectivity index (χ1v) is 8.73. The van der Waals surface area contributed by atoms with Crippen molar-refractivity contribution in [2.45, 2.75) is 18.8 Å². The van der Waals surface area contributed by atoms with Gasteiger partial charge < -0.3 is 10.6 Å². The first-order valence-electron chi connectivity index (χ1n) is 8.36. The second-order valence-corrected chi connectivity index (χ2v) is 6.33. The predicted octanol–water partition coefficient (Wildman–Crippen LogP) is 3.23. The molecule has 0 spiro atoms. The molecule has 1 aromatic carbocycles. The molecule has 2 rings (SSSR count). The van der Waals surface area contributed by atoms with E-state index in [9.17, 15) is 4.39 Å². The van der Waals surface area contributed by atoms with Gasteiger partial charge >= 0.3 is 0 Å². The maximum absolute atomic E-state index is 15.3. The van der Waals surface area contributed by atoms with Crippen molar-refractivity contribution in [3.8, 4) is 17.6 Å². The Bertz CT molecular complexity index is 912. The van der Waals surface area contributed by atoms with Crippen LogP contribution in [0.5, 0.6) is 5.75 Å². The lowest BCUT2D eigenvalue weighted by Gasteiger charge is -2.29. The van der Waals surface area contributed by atoms with Gasteiger partial charge in [0.05, 0.1) is 12.1 Å². The molecule has 0 saturated heterocycles. The molecule has 1 unspecified atom stereocenters. The van der Waals surface area contributed by atoms with Crippen LogP contribution in [0.3, 0.4) is 0 Å². The van der Waals surface area contributed by atoms with E-state index in [1.165, 1.54) is 18.2 Å². The van der Waals surface area contributed by atoms with E-state index in [0.717, 1.165) is 29.7 Å². The third-order valence-corrected chi connectivity index (χ3v) is 4.18. The molecule has 6 nitrogen and oxygen atoms in total. The molecule has 0 saturated carbocycles. The Kier molecular flexibility index (Phi) is 7.70. The highest BCUT2D eigenvalue weighted by molar-refractivity contribution is 6.30. The number of hydrogen-bond acceptors (Lipinski definition) is 5. The van der Waals surface area contributed by atoms with Crippen LogP contribution in [0, 0.1) is 17.7 Å². The van der Waals surface area contributed by atoms with Gasteiger partial charge in [-0.3, -0.25) is 9.99 Å². The quantitative estimate of drug-likeness (QED) is 0.223. The third kappa shape index (κ3) is 5.76. The zero-order valence-electron chi connectivity index (χ0n) is 15.4. The van der Waals surface area contributed by atoms with Gasteiger partial charge in [-0.05, 0) is 36.8 Å². The van der Waals surface area contributed by atoms with Crippen LogP contribution < -0.4 is 16.4 Å². The molecule has 0 fully saturated rings. The van der Waals surface area contributed by atoms with Gasteiger partial charge in [-0.1, -0.05) is 23.6 Å². The van der Waals surface area contributed by atoms with Crippen molar-refractivity contribution in [3.05, 3.63) is 58.6 Å². The van der Waals surface area contributed by atoms with Crippen molar-refractivity contribution < 1.29 is 17.9 Å². The number of pyridine rings is 1. The van der Waals surface area contributed by atoms with Gasteiger partial charge in [0.15, 0.2) is 0 Å². The number of alkyl halides is 2. The second kappa shape index (κ2) is 10.0. The second-order valence-electron chi connectivity index (χ2n) is 5.90.